The van der Waals surface area contributed by atoms with Gasteiger partial charge >= 0.3 is 6.09 Å². The largest absolute Gasteiger partial charge is 0.444 e. The number of piperidine rings is 1. The molecular formula is C18H34N2O2S. The zero-order valence-electron chi connectivity index (χ0n) is 15.4. The first-order valence-electron chi connectivity index (χ1n) is 9.07. The van der Waals surface area contributed by atoms with Crippen molar-refractivity contribution >= 4 is 17.9 Å². The second kappa shape index (κ2) is 8.11. The number of carbonyl (C=O) groups excluding carboxylic acids is 1. The summed E-state index contributed by atoms with van der Waals surface area (Å²) >= 11 is 1.99. The summed E-state index contributed by atoms with van der Waals surface area (Å²) in [6, 6.07) is 1.09. The highest BCUT2D eigenvalue weighted by Gasteiger charge is 2.33. The van der Waals surface area contributed by atoms with Gasteiger partial charge in [-0.3, -0.25) is 0 Å². The van der Waals surface area contributed by atoms with Crippen LogP contribution in [0.3, 0.4) is 0 Å². The summed E-state index contributed by atoms with van der Waals surface area (Å²) in [5, 5.41) is 4.61. The number of carbonyl (C=O) groups is 1. The normalized spacial score (nSPS) is 30.3. The summed E-state index contributed by atoms with van der Waals surface area (Å²) in [6.07, 6.45) is 8.30. The van der Waals surface area contributed by atoms with Crippen LogP contribution < -0.4 is 5.32 Å². The Morgan fingerprint density at radius 1 is 1.26 bits per heavy atom. The van der Waals surface area contributed by atoms with E-state index in [1.165, 1.54) is 25.7 Å². The molecule has 0 aromatic heterocycles. The number of rotatable bonds is 4. The molecule has 2 rings (SSSR count). The van der Waals surface area contributed by atoms with E-state index in [2.05, 4.69) is 18.5 Å². The van der Waals surface area contributed by atoms with Crippen molar-refractivity contribution < 1.29 is 9.53 Å². The maximum Gasteiger partial charge on any atom is 0.410 e. The van der Waals surface area contributed by atoms with Crippen molar-refractivity contribution in [2.45, 2.75) is 82.7 Å². The van der Waals surface area contributed by atoms with Crippen LogP contribution in [-0.2, 0) is 4.74 Å². The SMILES string of the molecule is CSC1CCCC1NC(C)C1CCCN(C(=O)OC(C)(C)C)C1. The van der Waals surface area contributed by atoms with Gasteiger partial charge in [-0.15, -0.1) is 0 Å². The van der Waals surface area contributed by atoms with E-state index >= 15 is 0 Å². The molecule has 4 atom stereocenters. The molecule has 0 aromatic carbocycles. The van der Waals surface area contributed by atoms with Crippen molar-refractivity contribution in [2.75, 3.05) is 19.3 Å². The molecule has 134 valence electrons. The molecule has 5 heteroatoms. The highest BCUT2D eigenvalue weighted by Crippen LogP contribution is 2.30. The van der Waals surface area contributed by atoms with Gasteiger partial charge in [0.15, 0.2) is 0 Å². The predicted octanol–water partition coefficient (Wildman–Crippen LogP) is 3.90. The lowest BCUT2D eigenvalue weighted by Gasteiger charge is -2.38. The third-order valence-electron chi connectivity index (χ3n) is 5.05. The number of ether oxygens (including phenoxy) is 1. The first kappa shape index (κ1) is 18.9. The van der Waals surface area contributed by atoms with Gasteiger partial charge < -0.3 is 15.0 Å². The van der Waals surface area contributed by atoms with Gasteiger partial charge in [-0.1, -0.05) is 6.42 Å². The van der Waals surface area contributed by atoms with Crippen molar-refractivity contribution in [1.82, 2.24) is 10.2 Å². The van der Waals surface area contributed by atoms with Crippen LogP contribution in [0, 0.1) is 5.92 Å². The molecule has 1 aliphatic heterocycles. The molecule has 0 radical (unpaired) electrons. The van der Waals surface area contributed by atoms with E-state index in [1.54, 1.807) is 0 Å². The second-order valence-electron chi connectivity index (χ2n) is 8.10. The fourth-order valence-corrected chi connectivity index (χ4v) is 4.73. The van der Waals surface area contributed by atoms with E-state index in [0.29, 0.717) is 18.0 Å². The van der Waals surface area contributed by atoms with Crippen molar-refractivity contribution in [1.29, 1.82) is 0 Å². The van der Waals surface area contributed by atoms with Crippen LogP contribution >= 0.6 is 11.8 Å². The molecule has 2 fully saturated rings. The van der Waals surface area contributed by atoms with Gasteiger partial charge in [-0.25, -0.2) is 4.79 Å². The lowest BCUT2D eigenvalue weighted by molar-refractivity contribution is 0.0146. The maximum absolute atomic E-state index is 12.3. The van der Waals surface area contributed by atoms with Gasteiger partial charge in [0.2, 0.25) is 0 Å². The zero-order chi connectivity index (χ0) is 17.0. The molecule has 4 unspecified atom stereocenters. The highest BCUT2D eigenvalue weighted by molar-refractivity contribution is 7.99. The Morgan fingerprint density at radius 3 is 2.65 bits per heavy atom. The van der Waals surface area contributed by atoms with Crippen LogP contribution in [0.2, 0.25) is 0 Å². The minimum atomic E-state index is -0.413. The first-order valence-corrected chi connectivity index (χ1v) is 10.4. The van der Waals surface area contributed by atoms with Gasteiger partial charge in [0.25, 0.3) is 0 Å². The molecule has 0 spiro atoms. The Bertz CT molecular complexity index is 397. The van der Waals surface area contributed by atoms with Crippen LogP contribution in [0.4, 0.5) is 4.79 Å². The van der Waals surface area contributed by atoms with E-state index < -0.39 is 5.60 Å². The number of nitrogens with one attached hydrogen (secondary N) is 1. The van der Waals surface area contributed by atoms with Crippen LogP contribution in [-0.4, -0.2) is 53.3 Å². The Hall–Kier alpha value is -0.420. The quantitative estimate of drug-likeness (QED) is 0.841. The zero-order valence-corrected chi connectivity index (χ0v) is 16.2. The predicted molar refractivity (Wildman–Crippen MR) is 98.1 cm³/mol. The smallest absolute Gasteiger partial charge is 0.410 e. The van der Waals surface area contributed by atoms with Gasteiger partial charge in [-0.2, -0.15) is 11.8 Å². The third kappa shape index (κ3) is 5.56. The minimum Gasteiger partial charge on any atom is -0.444 e. The van der Waals surface area contributed by atoms with Crippen LogP contribution in [0.1, 0.15) is 59.8 Å². The number of amides is 1. The van der Waals surface area contributed by atoms with Crippen molar-refractivity contribution in [3.8, 4) is 0 Å². The molecule has 1 aliphatic carbocycles. The number of hydrogen-bond donors (Lipinski definition) is 1. The molecule has 1 amide bonds. The lowest BCUT2D eigenvalue weighted by Crippen LogP contribution is -2.50. The number of likely N-dealkylation sites (tertiary alicyclic amines) is 1. The molecule has 2 aliphatic rings. The second-order valence-corrected chi connectivity index (χ2v) is 9.17. The minimum absolute atomic E-state index is 0.155. The van der Waals surface area contributed by atoms with Crippen LogP contribution in [0.15, 0.2) is 0 Å². The first-order chi connectivity index (χ1) is 10.8. The molecule has 0 bridgehead atoms. The van der Waals surface area contributed by atoms with Crippen molar-refractivity contribution in [3.05, 3.63) is 0 Å². The molecule has 0 aromatic rings. The molecule has 1 saturated heterocycles. The Balaban J connectivity index is 1.86. The number of hydrogen-bond acceptors (Lipinski definition) is 4. The topological polar surface area (TPSA) is 41.6 Å². The van der Waals surface area contributed by atoms with Gasteiger partial charge in [-0.05, 0) is 65.6 Å². The van der Waals surface area contributed by atoms with Gasteiger partial charge in [0.1, 0.15) is 5.60 Å². The summed E-state index contributed by atoms with van der Waals surface area (Å²) in [5.74, 6) is 0.527. The third-order valence-corrected chi connectivity index (χ3v) is 6.22. The molecular weight excluding hydrogens is 308 g/mol. The Morgan fingerprint density at radius 2 is 2.00 bits per heavy atom. The van der Waals surface area contributed by atoms with E-state index in [1.807, 2.05) is 37.4 Å². The lowest BCUT2D eigenvalue weighted by atomic mass is 9.91. The molecule has 23 heavy (non-hydrogen) atoms. The molecule has 1 N–H and O–H groups in total. The van der Waals surface area contributed by atoms with E-state index in [0.717, 1.165) is 24.8 Å². The number of thioether (sulfide) groups is 1. The summed E-state index contributed by atoms with van der Waals surface area (Å²) in [7, 11) is 0. The van der Waals surface area contributed by atoms with E-state index in [-0.39, 0.29) is 6.09 Å². The maximum atomic E-state index is 12.3. The van der Waals surface area contributed by atoms with Crippen molar-refractivity contribution in [2.24, 2.45) is 5.92 Å². The Kier molecular flexibility index (Phi) is 6.66. The molecule has 1 heterocycles. The highest BCUT2D eigenvalue weighted by atomic mass is 32.2. The average molecular weight is 343 g/mol. The average Bonchev–Trinajstić information content (AvgIpc) is 2.92. The summed E-state index contributed by atoms with van der Waals surface area (Å²) in [5.41, 5.74) is -0.413. The van der Waals surface area contributed by atoms with Gasteiger partial charge in [0, 0.05) is 30.4 Å². The standard InChI is InChI=1S/C18H34N2O2S/c1-13(19-15-9-6-10-16(15)23-5)14-8-7-11-20(12-14)17(21)22-18(2,3)4/h13-16,19H,6-12H2,1-5H3. The molecule has 1 saturated carbocycles. The molecule has 4 nitrogen and oxygen atoms in total. The van der Waals surface area contributed by atoms with Crippen LogP contribution in [0.25, 0.3) is 0 Å². The summed E-state index contributed by atoms with van der Waals surface area (Å²) in [4.78, 5) is 14.2. The summed E-state index contributed by atoms with van der Waals surface area (Å²) < 4.78 is 5.54. The van der Waals surface area contributed by atoms with Gasteiger partial charge in [0.05, 0.1) is 0 Å². The fourth-order valence-electron chi connectivity index (χ4n) is 3.78. The van der Waals surface area contributed by atoms with E-state index in [4.69, 9.17) is 4.74 Å². The number of nitrogens with zero attached hydrogens (tertiary/aromatic N) is 1. The Labute approximate surface area is 146 Å². The monoisotopic (exact) mass is 342 g/mol. The fraction of sp³-hybridized carbons (Fsp3) is 0.944. The van der Waals surface area contributed by atoms with Crippen LogP contribution in [0.5, 0.6) is 0 Å². The van der Waals surface area contributed by atoms with Crippen molar-refractivity contribution in [3.63, 3.8) is 0 Å². The summed E-state index contributed by atoms with van der Waals surface area (Å²) in [6.45, 7) is 9.73. The van der Waals surface area contributed by atoms with E-state index in [9.17, 15) is 4.79 Å².